The Morgan fingerprint density at radius 1 is 1.08 bits per heavy atom. The van der Waals surface area contributed by atoms with Gasteiger partial charge in [-0.15, -0.1) is 0 Å². The zero-order valence-corrected chi connectivity index (χ0v) is 23.0. The van der Waals surface area contributed by atoms with Crippen molar-refractivity contribution < 1.29 is 28.7 Å². The second-order valence-electron chi connectivity index (χ2n) is 13.1. The number of rotatable bonds is 7. The fraction of sp³-hybridized carbons (Fsp3) is 0.867. The highest BCUT2D eigenvalue weighted by Gasteiger charge is 2.66. The molecule has 0 N–H and O–H groups in total. The molecule has 0 spiro atoms. The Labute approximate surface area is 221 Å². The molecular weight excluding hydrogens is 470 g/mol. The highest BCUT2D eigenvalue weighted by atomic mass is 16.5. The molecule has 0 amide bonds. The minimum absolute atomic E-state index is 0.0560. The second-order valence-corrected chi connectivity index (χ2v) is 13.1. The van der Waals surface area contributed by atoms with Crippen molar-refractivity contribution in [3.8, 4) is 0 Å². The number of carbonyl (C=O) groups excluding carboxylic acids is 4. The summed E-state index contributed by atoms with van der Waals surface area (Å²) in [5.41, 5.74) is -0.581. The van der Waals surface area contributed by atoms with Crippen LogP contribution < -0.4 is 0 Å². The standard InChI is InChI=1S/C30H45NO6/c1-19(4-7-27(35)37-15-12-31-10-13-36-14-11-31)22-5-6-23-28-24(18-26(34)30(22,23)3)29(2)9-8-21(32)16-20(29)17-25(28)33/h19-20,22-24,28H,4-18H2,1-3H3/t19-,20?,22-,23+,24+,28+,29+,30-/m1/s1. The van der Waals surface area contributed by atoms with Crippen LogP contribution in [0.1, 0.15) is 78.6 Å². The van der Waals surface area contributed by atoms with Crippen LogP contribution in [0.4, 0.5) is 0 Å². The number of Topliss-reactive ketones (excluding diaryl/α,β-unsaturated/α-hetero) is 3. The predicted molar refractivity (Wildman–Crippen MR) is 138 cm³/mol. The van der Waals surface area contributed by atoms with Gasteiger partial charge in [0.1, 0.15) is 24.0 Å². The zero-order chi connectivity index (χ0) is 26.4. The van der Waals surface area contributed by atoms with Gasteiger partial charge in [0, 0.05) is 63.1 Å². The van der Waals surface area contributed by atoms with Crippen molar-refractivity contribution in [3.05, 3.63) is 0 Å². The number of carbonyl (C=O) groups is 4. The summed E-state index contributed by atoms with van der Waals surface area (Å²) in [7, 11) is 0. The molecule has 4 aliphatic carbocycles. The molecule has 7 heteroatoms. The number of hydrogen-bond acceptors (Lipinski definition) is 7. The molecule has 1 aliphatic heterocycles. The Morgan fingerprint density at radius 3 is 2.59 bits per heavy atom. The third-order valence-corrected chi connectivity index (χ3v) is 11.5. The Balaban J connectivity index is 1.20. The third kappa shape index (κ3) is 4.84. The van der Waals surface area contributed by atoms with Crippen LogP contribution >= 0.6 is 0 Å². The smallest absolute Gasteiger partial charge is 0.305 e. The minimum atomic E-state index is -0.496. The number of nitrogens with zero attached hydrogens (tertiary/aromatic N) is 1. The summed E-state index contributed by atoms with van der Waals surface area (Å²) in [4.78, 5) is 54.3. The summed E-state index contributed by atoms with van der Waals surface area (Å²) in [6.07, 6.45) is 5.80. The molecule has 0 bridgehead atoms. The zero-order valence-electron chi connectivity index (χ0n) is 23.0. The van der Waals surface area contributed by atoms with E-state index < -0.39 is 5.41 Å². The van der Waals surface area contributed by atoms with Gasteiger partial charge in [-0.1, -0.05) is 20.8 Å². The topological polar surface area (TPSA) is 90.0 Å². The molecule has 0 aromatic heterocycles. The van der Waals surface area contributed by atoms with Gasteiger partial charge >= 0.3 is 5.97 Å². The maximum Gasteiger partial charge on any atom is 0.305 e. The first-order valence-electron chi connectivity index (χ1n) is 14.7. The van der Waals surface area contributed by atoms with E-state index in [1.807, 2.05) is 0 Å². The van der Waals surface area contributed by atoms with Crippen LogP contribution in [0.2, 0.25) is 0 Å². The van der Waals surface area contributed by atoms with Gasteiger partial charge in [-0.2, -0.15) is 0 Å². The lowest BCUT2D eigenvalue weighted by molar-refractivity contribution is -0.166. The summed E-state index contributed by atoms with van der Waals surface area (Å²) >= 11 is 0. The van der Waals surface area contributed by atoms with E-state index in [0.29, 0.717) is 56.7 Å². The Bertz CT molecular complexity index is 927. The first kappa shape index (κ1) is 27.0. The first-order valence-corrected chi connectivity index (χ1v) is 14.7. The van der Waals surface area contributed by atoms with Gasteiger partial charge in [0.15, 0.2) is 0 Å². The van der Waals surface area contributed by atoms with Crippen LogP contribution in [-0.4, -0.2) is 67.7 Å². The molecule has 1 saturated heterocycles. The number of esters is 1. The van der Waals surface area contributed by atoms with E-state index in [9.17, 15) is 19.2 Å². The normalized spacial score (nSPS) is 41.1. The van der Waals surface area contributed by atoms with Gasteiger partial charge in [-0.05, 0) is 60.7 Å². The summed E-state index contributed by atoms with van der Waals surface area (Å²) in [6.45, 7) is 10.9. The molecule has 8 atom stereocenters. The van der Waals surface area contributed by atoms with Gasteiger partial charge in [0.05, 0.1) is 13.2 Å². The number of hydrogen-bond donors (Lipinski definition) is 0. The quantitative estimate of drug-likeness (QED) is 0.476. The van der Waals surface area contributed by atoms with Crippen molar-refractivity contribution in [2.75, 3.05) is 39.5 Å². The van der Waals surface area contributed by atoms with Crippen LogP contribution in [0.25, 0.3) is 0 Å². The lowest BCUT2D eigenvalue weighted by atomic mass is 9.44. The van der Waals surface area contributed by atoms with Crippen molar-refractivity contribution >= 4 is 23.3 Å². The number of ketones is 3. The summed E-state index contributed by atoms with van der Waals surface area (Å²) in [6, 6.07) is 0. The van der Waals surface area contributed by atoms with E-state index in [2.05, 4.69) is 25.7 Å². The lowest BCUT2D eigenvalue weighted by Gasteiger charge is -2.58. The molecule has 37 heavy (non-hydrogen) atoms. The van der Waals surface area contributed by atoms with Crippen LogP contribution in [0.3, 0.4) is 0 Å². The molecule has 0 radical (unpaired) electrons. The molecule has 1 heterocycles. The number of morpholine rings is 1. The van der Waals surface area contributed by atoms with E-state index in [1.54, 1.807) is 0 Å². The molecule has 1 unspecified atom stereocenters. The Morgan fingerprint density at radius 2 is 1.84 bits per heavy atom. The SMILES string of the molecule is C[C@H](CCC(=O)OCCN1CCOCC1)[C@H]1CC[C@H]2[C@@H]3C(=O)CC4CC(=O)CC[C@]4(C)[C@H]3CC(=O)[C@]12C. The highest BCUT2D eigenvalue weighted by molar-refractivity contribution is 5.93. The monoisotopic (exact) mass is 515 g/mol. The van der Waals surface area contributed by atoms with E-state index in [4.69, 9.17) is 9.47 Å². The van der Waals surface area contributed by atoms with Gasteiger partial charge in [0.25, 0.3) is 0 Å². The molecule has 5 aliphatic rings. The van der Waals surface area contributed by atoms with Gasteiger partial charge in [-0.3, -0.25) is 24.1 Å². The molecule has 5 rings (SSSR count). The van der Waals surface area contributed by atoms with Crippen molar-refractivity contribution in [2.45, 2.75) is 78.6 Å². The first-order chi connectivity index (χ1) is 17.6. The van der Waals surface area contributed by atoms with Crippen molar-refractivity contribution in [1.82, 2.24) is 4.90 Å². The summed E-state index contributed by atoms with van der Waals surface area (Å²) < 4.78 is 10.9. The minimum Gasteiger partial charge on any atom is -0.464 e. The molecule has 7 nitrogen and oxygen atoms in total. The van der Waals surface area contributed by atoms with Gasteiger partial charge in [0.2, 0.25) is 0 Å². The molecule has 206 valence electrons. The summed E-state index contributed by atoms with van der Waals surface area (Å²) in [5, 5.41) is 0. The maximum absolute atomic E-state index is 13.9. The van der Waals surface area contributed by atoms with Crippen LogP contribution in [0, 0.1) is 46.3 Å². The molecule has 0 aromatic carbocycles. The van der Waals surface area contributed by atoms with Gasteiger partial charge < -0.3 is 9.47 Å². The Hall–Kier alpha value is -1.60. The molecule has 4 saturated carbocycles. The lowest BCUT2D eigenvalue weighted by Crippen LogP contribution is -2.60. The van der Waals surface area contributed by atoms with Crippen LogP contribution in [-0.2, 0) is 28.7 Å². The average molecular weight is 516 g/mol. The van der Waals surface area contributed by atoms with Crippen LogP contribution in [0.5, 0.6) is 0 Å². The molecule has 5 fully saturated rings. The highest BCUT2D eigenvalue weighted by Crippen LogP contribution is 2.66. The summed E-state index contributed by atoms with van der Waals surface area (Å²) in [5.74, 6) is 1.34. The van der Waals surface area contributed by atoms with Crippen LogP contribution in [0.15, 0.2) is 0 Å². The predicted octanol–water partition coefficient (Wildman–Crippen LogP) is 3.86. The average Bonchev–Trinajstić information content (AvgIpc) is 3.23. The van der Waals surface area contributed by atoms with E-state index in [-0.39, 0.29) is 52.7 Å². The third-order valence-electron chi connectivity index (χ3n) is 11.5. The number of fused-ring (bicyclic) bond motifs is 5. The second kappa shape index (κ2) is 10.5. The van der Waals surface area contributed by atoms with E-state index >= 15 is 0 Å². The molecular formula is C30H45NO6. The van der Waals surface area contributed by atoms with Crippen molar-refractivity contribution in [3.63, 3.8) is 0 Å². The maximum atomic E-state index is 13.9. The van der Waals surface area contributed by atoms with Crippen molar-refractivity contribution in [1.29, 1.82) is 0 Å². The van der Waals surface area contributed by atoms with E-state index in [1.165, 1.54) is 0 Å². The fourth-order valence-corrected chi connectivity index (χ4v) is 9.12. The van der Waals surface area contributed by atoms with Gasteiger partial charge in [-0.25, -0.2) is 0 Å². The van der Waals surface area contributed by atoms with E-state index in [0.717, 1.165) is 52.1 Å². The molecule has 0 aromatic rings. The largest absolute Gasteiger partial charge is 0.464 e. The fourth-order valence-electron chi connectivity index (χ4n) is 9.12. The number of ether oxygens (including phenoxy) is 2. The Kier molecular flexibility index (Phi) is 7.67. The van der Waals surface area contributed by atoms with Crippen molar-refractivity contribution in [2.24, 2.45) is 46.3 Å².